The highest BCUT2D eigenvalue weighted by molar-refractivity contribution is 5.90. The highest BCUT2D eigenvalue weighted by Crippen LogP contribution is 2.27. The predicted molar refractivity (Wildman–Crippen MR) is 139 cm³/mol. The number of benzene rings is 3. The van der Waals surface area contributed by atoms with Crippen LogP contribution in [-0.4, -0.2) is 36.0 Å². The molecule has 0 atom stereocenters. The smallest absolute Gasteiger partial charge is 0.322 e. The van der Waals surface area contributed by atoms with Gasteiger partial charge in [0.25, 0.3) is 0 Å². The maximum Gasteiger partial charge on any atom is 0.322 e. The molecule has 0 aliphatic heterocycles. The Bertz CT molecular complexity index is 1010. The molecule has 3 aromatic carbocycles. The molecule has 3 amide bonds. The van der Waals surface area contributed by atoms with E-state index >= 15 is 0 Å². The summed E-state index contributed by atoms with van der Waals surface area (Å²) < 4.78 is 0. The number of nitrogens with zero attached hydrogens (tertiary/aromatic N) is 1. The molecule has 0 bridgehead atoms. The van der Waals surface area contributed by atoms with E-state index in [1.165, 1.54) is 11.1 Å². The fourth-order valence-corrected chi connectivity index (χ4v) is 4.06. The van der Waals surface area contributed by atoms with Gasteiger partial charge >= 0.3 is 6.03 Å². The predicted octanol–water partition coefficient (Wildman–Crippen LogP) is 5.97. The maximum atomic E-state index is 12.8. The maximum absolute atomic E-state index is 12.8. The quantitative estimate of drug-likeness (QED) is 0.394. The second-order valence-corrected chi connectivity index (χ2v) is 8.79. The number of amides is 3. The van der Waals surface area contributed by atoms with Gasteiger partial charge in [0.05, 0.1) is 0 Å². The van der Waals surface area contributed by atoms with Crippen LogP contribution < -0.4 is 10.6 Å². The fourth-order valence-electron chi connectivity index (χ4n) is 4.06. The molecule has 0 unspecified atom stereocenters. The molecular formula is C29H35N3O2. The molecular weight excluding hydrogens is 422 g/mol. The summed E-state index contributed by atoms with van der Waals surface area (Å²) in [6, 6.07) is 28.2. The minimum atomic E-state index is -0.190. The molecule has 0 aliphatic carbocycles. The van der Waals surface area contributed by atoms with Crippen molar-refractivity contribution >= 4 is 17.6 Å². The Morgan fingerprint density at radius 3 is 1.94 bits per heavy atom. The summed E-state index contributed by atoms with van der Waals surface area (Å²) in [5.41, 5.74) is 4.27. The van der Waals surface area contributed by atoms with Gasteiger partial charge < -0.3 is 15.5 Å². The average Bonchev–Trinajstić information content (AvgIpc) is 2.84. The van der Waals surface area contributed by atoms with Crippen molar-refractivity contribution in [3.05, 3.63) is 102 Å². The summed E-state index contributed by atoms with van der Waals surface area (Å²) in [6.07, 6.45) is 1.07. The summed E-state index contributed by atoms with van der Waals surface area (Å²) in [6.45, 7) is 6.81. The largest absolute Gasteiger partial charge is 0.356 e. The Morgan fingerprint density at radius 2 is 1.38 bits per heavy atom. The van der Waals surface area contributed by atoms with E-state index in [4.69, 9.17) is 0 Å². The van der Waals surface area contributed by atoms with Crippen LogP contribution in [0.1, 0.15) is 49.3 Å². The second-order valence-electron chi connectivity index (χ2n) is 8.79. The lowest BCUT2D eigenvalue weighted by Crippen LogP contribution is -2.42. The standard InChI is InChI=1S/C29H35N3O2/c1-22(2)32(29(34)31-27-17-11-10-12-23(27)3)21-19-28(33)30-20-18-26(24-13-6-4-7-14-24)25-15-8-5-9-16-25/h4-17,22,26H,18-21H2,1-3H3,(H,30,33)(H,31,34). The average molecular weight is 458 g/mol. The van der Waals surface area contributed by atoms with Crippen molar-refractivity contribution in [1.29, 1.82) is 0 Å². The van der Waals surface area contributed by atoms with Gasteiger partial charge in [0.1, 0.15) is 0 Å². The van der Waals surface area contributed by atoms with Gasteiger partial charge in [-0.25, -0.2) is 4.79 Å². The first-order valence-corrected chi connectivity index (χ1v) is 12.0. The van der Waals surface area contributed by atoms with Gasteiger partial charge in [-0.2, -0.15) is 0 Å². The molecule has 5 heteroatoms. The van der Waals surface area contributed by atoms with Gasteiger partial charge in [-0.1, -0.05) is 78.9 Å². The lowest BCUT2D eigenvalue weighted by Gasteiger charge is -2.27. The Morgan fingerprint density at radius 1 is 0.824 bits per heavy atom. The first kappa shape index (κ1) is 25.0. The summed E-state index contributed by atoms with van der Waals surface area (Å²) in [5, 5.41) is 6.01. The first-order chi connectivity index (χ1) is 16.5. The highest BCUT2D eigenvalue weighted by atomic mass is 16.2. The number of carbonyl (C=O) groups is 2. The topological polar surface area (TPSA) is 61.4 Å². The molecule has 178 valence electrons. The molecule has 0 aromatic heterocycles. The van der Waals surface area contributed by atoms with Crippen molar-refractivity contribution in [3.63, 3.8) is 0 Å². The Labute approximate surface area is 203 Å². The minimum Gasteiger partial charge on any atom is -0.356 e. The van der Waals surface area contributed by atoms with E-state index in [1.54, 1.807) is 4.90 Å². The monoisotopic (exact) mass is 457 g/mol. The number of carbonyl (C=O) groups excluding carboxylic acids is 2. The van der Waals surface area contributed by atoms with Crippen LogP contribution in [-0.2, 0) is 4.79 Å². The van der Waals surface area contributed by atoms with Crippen molar-refractivity contribution in [2.75, 3.05) is 18.4 Å². The molecule has 0 heterocycles. The molecule has 0 aliphatic rings. The van der Waals surface area contributed by atoms with Crippen LogP contribution in [0.15, 0.2) is 84.9 Å². The number of rotatable bonds is 10. The molecule has 0 fully saturated rings. The molecule has 0 saturated heterocycles. The number of hydrogen-bond donors (Lipinski definition) is 2. The van der Waals surface area contributed by atoms with Crippen LogP contribution in [0.3, 0.4) is 0 Å². The number of aryl methyl sites for hydroxylation is 1. The third-order valence-electron chi connectivity index (χ3n) is 6.01. The first-order valence-electron chi connectivity index (χ1n) is 12.0. The number of para-hydroxylation sites is 1. The zero-order valence-electron chi connectivity index (χ0n) is 20.3. The molecule has 3 rings (SSSR count). The molecule has 3 aromatic rings. The van der Waals surface area contributed by atoms with Gasteiger partial charge in [0.2, 0.25) is 5.91 Å². The Balaban J connectivity index is 1.52. The normalized spacial score (nSPS) is 10.9. The van der Waals surface area contributed by atoms with Crippen molar-refractivity contribution in [2.24, 2.45) is 0 Å². The van der Waals surface area contributed by atoms with Gasteiger partial charge in [-0.3, -0.25) is 4.79 Å². The van der Waals surface area contributed by atoms with Crippen LogP contribution in [0.4, 0.5) is 10.5 Å². The lowest BCUT2D eigenvalue weighted by molar-refractivity contribution is -0.121. The number of hydrogen-bond acceptors (Lipinski definition) is 2. The van der Waals surface area contributed by atoms with Gasteiger partial charge in [-0.15, -0.1) is 0 Å². The number of nitrogens with one attached hydrogen (secondary N) is 2. The van der Waals surface area contributed by atoms with Crippen LogP contribution in [0.2, 0.25) is 0 Å². The van der Waals surface area contributed by atoms with Crippen molar-refractivity contribution in [2.45, 2.75) is 45.6 Å². The molecule has 0 saturated carbocycles. The van der Waals surface area contributed by atoms with Crippen molar-refractivity contribution < 1.29 is 9.59 Å². The minimum absolute atomic E-state index is 0.0163. The summed E-state index contributed by atoms with van der Waals surface area (Å²) >= 11 is 0. The summed E-state index contributed by atoms with van der Waals surface area (Å²) in [7, 11) is 0. The van der Waals surface area contributed by atoms with Gasteiger partial charge in [-0.05, 0) is 49.9 Å². The SMILES string of the molecule is Cc1ccccc1NC(=O)N(CCC(=O)NCCC(c1ccccc1)c1ccccc1)C(C)C. The molecule has 2 N–H and O–H groups in total. The van der Waals surface area contributed by atoms with Crippen LogP contribution in [0.5, 0.6) is 0 Å². The van der Waals surface area contributed by atoms with Gasteiger partial charge in [0, 0.05) is 37.2 Å². The summed E-state index contributed by atoms with van der Waals surface area (Å²) in [5.74, 6) is 0.170. The molecule has 0 spiro atoms. The van der Waals surface area contributed by atoms with Crippen LogP contribution >= 0.6 is 0 Å². The van der Waals surface area contributed by atoms with E-state index in [-0.39, 0.29) is 30.3 Å². The lowest BCUT2D eigenvalue weighted by atomic mass is 9.88. The molecule has 5 nitrogen and oxygen atoms in total. The van der Waals surface area contributed by atoms with Crippen molar-refractivity contribution in [3.8, 4) is 0 Å². The Kier molecular flexibility index (Phi) is 9.27. The Hall–Kier alpha value is -3.60. The number of urea groups is 1. The summed E-state index contributed by atoms with van der Waals surface area (Å²) in [4.78, 5) is 27.1. The van der Waals surface area contributed by atoms with Gasteiger partial charge in [0.15, 0.2) is 0 Å². The number of anilines is 1. The van der Waals surface area contributed by atoms with Crippen LogP contribution in [0, 0.1) is 6.92 Å². The van der Waals surface area contributed by atoms with E-state index in [9.17, 15) is 9.59 Å². The molecule has 34 heavy (non-hydrogen) atoms. The van der Waals surface area contributed by atoms with E-state index < -0.39 is 0 Å². The third-order valence-corrected chi connectivity index (χ3v) is 6.01. The van der Waals surface area contributed by atoms with Crippen molar-refractivity contribution in [1.82, 2.24) is 10.2 Å². The van der Waals surface area contributed by atoms with E-state index in [0.29, 0.717) is 13.1 Å². The third kappa shape index (κ3) is 7.20. The van der Waals surface area contributed by atoms with Crippen LogP contribution in [0.25, 0.3) is 0 Å². The molecule has 0 radical (unpaired) electrons. The zero-order valence-corrected chi connectivity index (χ0v) is 20.3. The van der Waals surface area contributed by atoms with E-state index in [1.807, 2.05) is 81.4 Å². The zero-order chi connectivity index (χ0) is 24.3. The van der Waals surface area contributed by atoms with E-state index in [0.717, 1.165) is 17.7 Å². The fraction of sp³-hybridized carbons (Fsp3) is 0.310. The van der Waals surface area contributed by atoms with E-state index in [2.05, 4.69) is 34.9 Å². The highest BCUT2D eigenvalue weighted by Gasteiger charge is 2.19. The second kappa shape index (κ2) is 12.6.